The van der Waals surface area contributed by atoms with E-state index in [2.05, 4.69) is 24.1 Å². The fourth-order valence-electron chi connectivity index (χ4n) is 2.63. The third-order valence-electron chi connectivity index (χ3n) is 3.99. The molecular weight excluding hydrogens is 238 g/mol. The van der Waals surface area contributed by atoms with Crippen molar-refractivity contribution in [3.63, 3.8) is 0 Å². The Bertz CT molecular complexity index is 256. The molecule has 0 bridgehead atoms. The van der Waals surface area contributed by atoms with Gasteiger partial charge in [-0.3, -0.25) is 4.79 Å². The van der Waals surface area contributed by atoms with Crippen LogP contribution in [0.25, 0.3) is 0 Å². The smallest absolute Gasteiger partial charge is 0.220 e. The Hall–Kier alpha value is -0.610. The van der Waals surface area contributed by atoms with Gasteiger partial charge in [-0.05, 0) is 52.1 Å². The molecule has 0 aromatic carbocycles. The molecule has 19 heavy (non-hydrogen) atoms. The highest BCUT2D eigenvalue weighted by Crippen LogP contribution is 2.17. The van der Waals surface area contributed by atoms with E-state index < -0.39 is 0 Å². The standard InChI is InChI=1S/C15H31N3O/c1-13(2)18-10-8-14(12-18)11-17-15(19)7-5-3-4-6-9-16/h13-14H,3-12,16H2,1-2H3,(H,17,19). The largest absolute Gasteiger partial charge is 0.356 e. The average Bonchev–Trinajstić information content (AvgIpc) is 2.85. The lowest BCUT2D eigenvalue weighted by Crippen LogP contribution is -2.32. The van der Waals surface area contributed by atoms with E-state index in [-0.39, 0.29) is 5.91 Å². The zero-order chi connectivity index (χ0) is 14.1. The van der Waals surface area contributed by atoms with Gasteiger partial charge in [0.2, 0.25) is 5.91 Å². The van der Waals surface area contributed by atoms with Crippen molar-refractivity contribution in [1.29, 1.82) is 0 Å². The van der Waals surface area contributed by atoms with Gasteiger partial charge >= 0.3 is 0 Å². The zero-order valence-corrected chi connectivity index (χ0v) is 12.7. The quantitative estimate of drug-likeness (QED) is 0.627. The van der Waals surface area contributed by atoms with Crippen LogP contribution in [-0.4, -0.2) is 43.0 Å². The van der Waals surface area contributed by atoms with E-state index in [1.54, 1.807) is 0 Å². The van der Waals surface area contributed by atoms with Crippen molar-refractivity contribution in [2.24, 2.45) is 11.7 Å². The topological polar surface area (TPSA) is 58.4 Å². The Balaban J connectivity index is 2.01. The summed E-state index contributed by atoms with van der Waals surface area (Å²) in [7, 11) is 0. The van der Waals surface area contributed by atoms with Crippen LogP contribution in [0.4, 0.5) is 0 Å². The molecule has 112 valence electrons. The number of unbranched alkanes of at least 4 members (excludes halogenated alkanes) is 3. The van der Waals surface area contributed by atoms with E-state index in [1.165, 1.54) is 13.0 Å². The fourth-order valence-corrected chi connectivity index (χ4v) is 2.63. The molecule has 0 radical (unpaired) electrons. The van der Waals surface area contributed by atoms with Crippen molar-refractivity contribution in [3.05, 3.63) is 0 Å². The van der Waals surface area contributed by atoms with Crippen molar-refractivity contribution in [1.82, 2.24) is 10.2 Å². The van der Waals surface area contributed by atoms with Crippen LogP contribution in [0.15, 0.2) is 0 Å². The summed E-state index contributed by atoms with van der Waals surface area (Å²) in [5.41, 5.74) is 5.44. The molecule has 0 spiro atoms. The summed E-state index contributed by atoms with van der Waals surface area (Å²) in [5, 5.41) is 3.08. The maximum Gasteiger partial charge on any atom is 0.220 e. The highest BCUT2D eigenvalue weighted by Gasteiger charge is 2.24. The van der Waals surface area contributed by atoms with Gasteiger partial charge in [-0.25, -0.2) is 0 Å². The molecule has 1 amide bonds. The number of carbonyl (C=O) groups excluding carboxylic acids is 1. The van der Waals surface area contributed by atoms with Crippen LogP contribution >= 0.6 is 0 Å². The van der Waals surface area contributed by atoms with Crippen LogP contribution < -0.4 is 11.1 Å². The molecule has 1 unspecified atom stereocenters. The summed E-state index contributed by atoms with van der Waals surface area (Å²) in [5.74, 6) is 0.860. The number of hydrogen-bond donors (Lipinski definition) is 2. The molecule has 4 heteroatoms. The van der Waals surface area contributed by atoms with E-state index in [1.807, 2.05) is 0 Å². The van der Waals surface area contributed by atoms with Gasteiger partial charge in [0.25, 0.3) is 0 Å². The molecule has 1 atom stereocenters. The fraction of sp³-hybridized carbons (Fsp3) is 0.933. The molecule has 1 aliphatic rings. The number of likely N-dealkylation sites (tertiary alicyclic amines) is 1. The Morgan fingerprint density at radius 2 is 2.05 bits per heavy atom. The molecule has 0 aromatic heterocycles. The van der Waals surface area contributed by atoms with Crippen LogP contribution in [0.3, 0.4) is 0 Å². The van der Waals surface area contributed by atoms with E-state index in [9.17, 15) is 4.79 Å². The summed E-state index contributed by atoms with van der Waals surface area (Å²) >= 11 is 0. The lowest BCUT2D eigenvalue weighted by atomic mass is 10.1. The lowest BCUT2D eigenvalue weighted by Gasteiger charge is -2.20. The first-order valence-electron chi connectivity index (χ1n) is 7.84. The average molecular weight is 269 g/mol. The van der Waals surface area contributed by atoms with Crippen molar-refractivity contribution in [2.75, 3.05) is 26.2 Å². The highest BCUT2D eigenvalue weighted by molar-refractivity contribution is 5.75. The van der Waals surface area contributed by atoms with Crippen molar-refractivity contribution < 1.29 is 4.79 Å². The van der Waals surface area contributed by atoms with Crippen molar-refractivity contribution in [3.8, 4) is 0 Å². The zero-order valence-electron chi connectivity index (χ0n) is 12.7. The molecule has 1 heterocycles. The molecule has 1 rings (SSSR count). The predicted molar refractivity (Wildman–Crippen MR) is 80.0 cm³/mol. The second kappa shape index (κ2) is 9.32. The third kappa shape index (κ3) is 6.92. The first-order valence-corrected chi connectivity index (χ1v) is 7.84. The van der Waals surface area contributed by atoms with Gasteiger partial charge in [0.1, 0.15) is 0 Å². The predicted octanol–water partition coefficient (Wildman–Crippen LogP) is 1.74. The Kier molecular flexibility index (Phi) is 8.07. The highest BCUT2D eigenvalue weighted by atomic mass is 16.1. The molecule has 1 saturated heterocycles. The van der Waals surface area contributed by atoms with E-state index >= 15 is 0 Å². The SMILES string of the molecule is CC(C)N1CCC(CNC(=O)CCCCCCN)C1. The number of hydrogen-bond acceptors (Lipinski definition) is 3. The number of rotatable bonds is 9. The van der Waals surface area contributed by atoms with Crippen molar-refractivity contribution in [2.45, 2.75) is 58.4 Å². The van der Waals surface area contributed by atoms with Crippen LogP contribution in [0.1, 0.15) is 52.4 Å². The maximum absolute atomic E-state index is 11.7. The summed E-state index contributed by atoms with van der Waals surface area (Å²) in [6.07, 6.45) is 6.23. The van der Waals surface area contributed by atoms with Crippen LogP contribution in [-0.2, 0) is 4.79 Å². The molecule has 3 N–H and O–H groups in total. The second-order valence-corrected chi connectivity index (χ2v) is 6.00. The van der Waals surface area contributed by atoms with Gasteiger partial charge in [0.05, 0.1) is 0 Å². The van der Waals surface area contributed by atoms with Gasteiger partial charge in [0, 0.05) is 25.6 Å². The normalized spacial score (nSPS) is 20.1. The first kappa shape index (κ1) is 16.4. The molecule has 0 aromatic rings. The Morgan fingerprint density at radius 1 is 1.32 bits per heavy atom. The van der Waals surface area contributed by atoms with Crippen LogP contribution in [0.5, 0.6) is 0 Å². The van der Waals surface area contributed by atoms with Gasteiger partial charge in [0.15, 0.2) is 0 Å². The number of nitrogens with zero attached hydrogens (tertiary/aromatic N) is 1. The maximum atomic E-state index is 11.7. The molecule has 1 aliphatic heterocycles. The van der Waals surface area contributed by atoms with Gasteiger partial charge in [-0.15, -0.1) is 0 Å². The monoisotopic (exact) mass is 269 g/mol. The van der Waals surface area contributed by atoms with Crippen LogP contribution in [0.2, 0.25) is 0 Å². The number of nitrogens with one attached hydrogen (secondary N) is 1. The Morgan fingerprint density at radius 3 is 2.68 bits per heavy atom. The molecule has 4 nitrogen and oxygen atoms in total. The number of amides is 1. The van der Waals surface area contributed by atoms with E-state index in [0.29, 0.717) is 18.4 Å². The molecule has 0 saturated carbocycles. The summed E-state index contributed by atoms with van der Waals surface area (Å²) in [4.78, 5) is 14.2. The van der Waals surface area contributed by atoms with Crippen LogP contribution in [0, 0.1) is 5.92 Å². The van der Waals surface area contributed by atoms with E-state index in [4.69, 9.17) is 5.73 Å². The lowest BCUT2D eigenvalue weighted by molar-refractivity contribution is -0.121. The Labute approximate surface area is 118 Å². The summed E-state index contributed by atoms with van der Waals surface area (Å²) in [6, 6.07) is 0.628. The minimum atomic E-state index is 0.218. The van der Waals surface area contributed by atoms with E-state index in [0.717, 1.165) is 45.3 Å². The van der Waals surface area contributed by atoms with Gasteiger partial charge in [-0.1, -0.05) is 12.8 Å². The summed E-state index contributed by atoms with van der Waals surface area (Å²) in [6.45, 7) is 8.40. The summed E-state index contributed by atoms with van der Waals surface area (Å²) < 4.78 is 0. The number of nitrogens with two attached hydrogens (primary N) is 1. The number of carbonyl (C=O) groups is 1. The van der Waals surface area contributed by atoms with Gasteiger partial charge < -0.3 is 16.0 Å². The van der Waals surface area contributed by atoms with Gasteiger partial charge in [-0.2, -0.15) is 0 Å². The third-order valence-corrected chi connectivity index (χ3v) is 3.99. The second-order valence-electron chi connectivity index (χ2n) is 6.00. The minimum Gasteiger partial charge on any atom is -0.356 e. The molecule has 0 aliphatic carbocycles. The molecule has 1 fully saturated rings. The minimum absolute atomic E-state index is 0.218. The first-order chi connectivity index (χ1) is 9.13. The molecular formula is C15H31N3O. The van der Waals surface area contributed by atoms with Crippen molar-refractivity contribution >= 4 is 5.91 Å².